The fourth-order valence-corrected chi connectivity index (χ4v) is 3.94. The maximum atomic E-state index is 12.7. The number of hydrogen-bond acceptors (Lipinski definition) is 7. The predicted molar refractivity (Wildman–Crippen MR) is 137 cm³/mol. The van der Waals surface area contributed by atoms with Crippen LogP contribution in [0.3, 0.4) is 0 Å². The van der Waals surface area contributed by atoms with Gasteiger partial charge in [0.25, 0.3) is 0 Å². The van der Waals surface area contributed by atoms with E-state index >= 15 is 0 Å². The van der Waals surface area contributed by atoms with Crippen molar-refractivity contribution in [1.29, 1.82) is 0 Å². The minimum atomic E-state index is -0.504. The monoisotopic (exact) mass is 494 g/mol. The number of fused-ring (bicyclic) bond motifs is 1. The highest BCUT2D eigenvalue weighted by Crippen LogP contribution is 2.25. The fourth-order valence-electron chi connectivity index (χ4n) is 3.45. The first kappa shape index (κ1) is 28.5. The lowest BCUT2D eigenvalue weighted by molar-refractivity contribution is -0.362. The first-order chi connectivity index (χ1) is 16.2. The highest BCUT2D eigenvalue weighted by Gasteiger charge is 2.22. The number of unbranched alkanes of at least 4 members (excludes halogenated alkanes) is 3. The molecular weight excluding hydrogens is 452 g/mol. The third-order valence-electron chi connectivity index (χ3n) is 5.03. The molecule has 0 aliphatic rings. The van der Waals surface area contributed by atoms with E-state index in [1.54, 1.807) is 6.26 Å². The van der Waals surface area contributed by atoms with Crippen molar-refractivity contribution in [3.63, 3.8) is 0 Å². The number of benzene rings is 1. The van der Waals surface area contributed by atoms with E-state index in [1.165, 1.54) is 24.9 Å². The molecule has 0 N–H and O–H groups in total. The summed E-state index contributed by atoms with van der Waals surface area (Å²) in [5.41, 5.74) is 0.340. The molecule has 0 spiro atoms. The lowest BCUT2D eigenvalue weighted by Gasteiger charge is -2.28. The average molecular weight is 495 g/mol. The molecule has 0 bridgehead atoms. The standard InChI is InChI=1S/C26H42N2O5S/c1-7-8-9-10-15-27(25(29)31-26(4,5)6)16-11-17-28(20-21(2)3)32-33-34-23-12-13-24-22(19-23)14-18-30-24/h12-14,18-19,21H,7-11,15-17,20H2,1-6H3. The Labute approximate surface area is 209 Å². The van der Waals surface area contributed by atoms with Gasteiger partial charge in [-0.2, -0.15) is 5.06 Å². The molecule has 192 valence electrons. The number of furan rings is 1. The number of nitrogens with zero attached hydrogens (tertiary/aromatic N) is 2. The Hall–Kier alpha value is -1.74. The molecule has 0 fully saturated rings. The summed E-state index contributed by atoms with van der Waals surface area (Å²) in [5, 5.41) is 2.84. The van der Waals surface area contributed by atoms with Crippen molar-refractivity contribution in [2.24, 2.45) is 5.92 Å². The third kappa shape index (κ3) is 11.1. The van der Waals surface area contributed by atoms with Gasteiger partial charge in [0.2, 0.25) is 0 Å². The van der Waals surface area contributed by atoms with Gasteiger partial charge in [-0.1, -0.05) is 40.0 Å². The van der Waals surface area contributed by atoms with Crippen molar-refractivity contribution in [1.82, 2.24) is 9.96 Å². The van der Waals surface area contributed by atoms with Gasteiger partial charge in [0, 0.05) is 36.5 Å². The minimum Gasteiger partial charge on any atom is -0.464 e. The molecule has 1 amide bonds. The summed E-state index contributed by atoms with van der Waals surface area (Å²) < 4.78 is 16.5. The minimum absolute atomic E-state index is 0.248. The van der Waals surface area contributed by atoms with Crippen molar-refractivity contribution < 1.29 is 23.3 Å². The summed E-state index contributed by atoms with van der Waals surface area (Å²) in [6.45, 7) is 14.9. The number of hydroxylamine groups is 2. The molecule has 0 aliphatic heterocycles. The van der Waals surface area contributed by atoms with Gasteiger partial charge in [-0.15, -0.1) is 9.32 Å². The van der Waals surface area contributed by atoms with Gasteiger partial charge in [-0.3, -0.25) is 0 Å². The van der Waals surface area contributed by atoms with Crippen LogP contribution in [-0.2, 0) is 14.1 Å². The van der Waals surface area contributed by atoms with Crippen LogP contribution in [0.4, 0.5) is 4.79 Å². The van der Waals surface area contributed by atoms with Gasteiger partial charge in [-0.25, -0.2) is 4.79 Å². The third-order valence-corrected chi connectivity index (χ3v) is 5.60. The number of hydrogen-bond donors (Lipinski definition) is 0. The molecule has 0 unspecified atom stereocenters. The normalized spacial score (nSPS) is 12.1. The SMILES string of the molecule is CCCCCCN(CCCN(CC(C)C)OOSc1ccc2occc2c1)C(=O)OC(C)(C)C. The average Bonchev–Trinajstić information content (AvgIpc) is 3.21. The van der Waals surface area contributed by atoms with Crippen LogP contribution >= 0.6 is 12.0 Å². The molecule has 0 radical (unpaired) electrons. The maximum absolute atomic E-state index is 12.7. The van der Waals surface area contributed by atoms with E-state index < -0.39 is 5.60 Å². The largest absolute Gasteiger partial charge is 0.464 e. The molecule has 2 aromatic rings. The number of carbonyl (C=O) groups is 1. The molecule has 2 rings (SSSR count). The zero-order valence-electron chi connectivity index (χ0n) is 21.7. The Morgan fingerprint density at radius 2 is 1.82 bits per heavy atom. The smallest absolute Gasteiger partial charge is 0.410 e. The Kier molecular flexibility index (Phi) is 12.2. The second-order valence-corrected chi connectivity index (χ2v) is 10.8. The van der Waals surface area contributed by atoms with Crippen LogP contribution in [-0.4, -0.2) is 47.8 Å². The van der Waals surface area contributed by atoms with E-state index in [-0.39, 0.29) is 6.09 Å². The quantitative estimate of drug-likeness (QED) is 0.110. The van der Waals surface area contributed by atoms with E-state index in [1.807, 2.05) is 55.0 Å². The Morgan fingerprint density at radius 1 is 1.06 bits per heavy atom. The molecule has 1 aromatic carbocycles. The predicted octanol–water partition coefficient (Wildman–Crippen LogP) is 7.47. The summed E-state index contributed by atoms with van der Waals surface area (Å²) in [7, 11) is 0. The first-order valence-electron chi connectivity index (χ1n) is 12.4. The topological polar surface area (TPSA) is 64.4 Å². The Morgan fingerprint density at radius 3 is 2.53 bits per heavy atom. The van der Waals surface area contributed by atoms with E-state index in [9.17, 15) is 4.79 Å². The summed E-state index contributed by atoms with van der Waals surface area (Å²) in [6, 6.07) is 7.77. The summed E-state index contributed by atoms with van der Waals surface area (Å²) in [5.74, 6) is 0.409. The molecule has 7 nitrogen and oxygen atoms in total. The zero-order chi connectivity index (χ0) is 25.0. The van der Waals surface area contributed by atoms with E-state index in [0.717, 1.165) is 41.7 Å². The molecule has 0 atom stereocenters. The van der Waals surface area contributed by atoms with Gasteiger partial charge in [-0.05, 0) is 63.8 Å². The van der Waals surface area contributed by atoms with E-state index in [2.05, 4.69) is 20.8 Å². The molecule has 1 aromatic heterocycles. The van der Waals surface area contributed by atoms with Crippen LogP contribution in [0.15, 0.2) is 39.8 Å². The summed E-state index contributed by atoms with van der Waals surface area (Å²) in [4.78, 5) is 21.1. The second-order valence-electron chi connectivity index (χ2n) is 10.0. The highest BCUT2D eigenvalue weighted by molar-refractivity contribution is 7.94. The number of rotatable bonds is 15. The Balaban J connectivity index is 1.84. The maximum Gasteiger partial charge on any atom is 0.410 e. The highest BCUT2D eigenvalue weighted by atomic mass is 32.2. The van der Waals surface area contributed by atoms with Crippen molar-refractivity contribution >= 4 is 29.1 Å². The second kappa shape index (κ2) is 14.6. The molecule has 0 saturated heterocycles. The van der Waals surface area contributed by atoms with Crippen molar-refractivity contribution in [2.45, 2.75) is 84.1 Å². The fraction of sp³-hybridized carbons (Fsp3) is 0.654. The van der Waals surface area contributed by atoms with Gasteiger partial charge >= 0.3 is 6.09 Å². The van der Waals surface area contributed by atoms with Crippen LogP contribution in [0.2, 0.25) is 0 Å². The molecule has 8 heteroatoms. The molecule has 34 heavy (non-hydrogen) atoms. The lowest BCUT2D eigenvalue weighted by Crippen LogP contribution is -2.39. The van der Waals surface area contributed by atoms with Crippen LogP contribution in [0, 0.1) is 5.92 Å². The van der Waals surface area contributed by atoms with Crippen molar-refractivity contribution in [3.8, 4) is 0 Å². The van der Waals surface area contributed by atoms with Crippen molar-refractivity contribution in [3.05, 3.63) is 30.5 Å². The summed E-state index contributed by atoms with van der Waals surface area (Å²) >= 11 is 1.17. The number of amides is 1. The van der Waals surface area contributed by atoms with Gasteiger partial charge < -0.3 is 14.1 Å². The first-order valence-corrected chi connectivity index (χ1v) is 13.1. The zero-order valence-corrected chi connectivity index (χ0v) is 22.5. The molecule has 0 aliphatic carbocycles. The number of carbonyl (C=O) groups excluding carboxylic acids is 1. The number of ether oxygens (including phenoxy) is 1. The molecule has 1 heterocycles. The summed E-state index contributed by atoms with van der Waals surface area (Å²) in [6.07, 6.45) is 6.64. The van der Waals surface area contributed by atoms with Crippen LogP contribution in [0.25, 0.3) is 11.0 Å². The van der Waals surface area contributed by atoms with Crippen LogP contribution in [0.1, 0.15) is 73.6 Å². The molecule has 0 saturated carbocycles. The van der Waals surface area contributed by atoms with Gasteiger partial charge in [0.1, 0.15) is 11.2 Å². The van der Waals surface area contributed by atoms with Gasteiger partial charge in [0.15, 0.2) is 0 Å². The Bertz CT molecular complexity index is 849. The van der Waals surface area contributed by atoms with Crippen LogP contribution < -0.4 is 0 Å². The van der Waals surface area contributed by atoms with Gasteiger partial charge in [0.05, 0.1) is 18.3 Å². The van der Waals surface area contributed by atoms with E-state index in [0.29, 0.717) is 25.6 Å². The van der Waals surface area contributed by atoms with Crippen LogP contribution in [0.5, 0.6) is 0 Å². The lowest BCUT2D eigenvalue weighted by atomic mass is 10.2. The van der Waals surface area contributed by atoms with E-state index in [4.69, 9.17) is 18.5 Å². The molecular formula is C26H42N2O5S. The van der Waals surface area contributed by atoms with Crippen molar-refractivity contribution in [2.75, 3.05) is 26.2 Å².